The van der Waals surface area contributed by atoms with Crippen molar-refractivity contribution in [2.24, 2.45) is 0 Å². The maximum atomic E-state index is 14.6. The van der Waals surface area contributed by atoms with E-state index in [0.29, 0.717) is 21.3 Å². The Bertz CT molecular complexity index is 1760. The normalized spacial score (nSPS) is 14.1. The molecule has 0 spiro atoms. The molecule has 0 aromatic heterocycles. The smallest absolute Gasteiger partial charge is 0.264 e. The Morgan fingerprint density at radius 2 is 1.54 bits per heavy atom. The molecule has 240 valence electrons. The predicted octanol–water partition coefficient (Wildman–Crippen LogP) is 7.20. The van der Waals surface area contributed by atoms with E-state index >= 15 is 0 Å². The van der Waals surface area contributed by atoms with Gasteiger partial charge in [-0.3, -0.25) is 13.9 Å². The Hall–Kier alpha value is -3.85. The van der Waals surface area contributed by atoms with Crippen LogP contribution in [0.1, 0.15) is 42.4 Å². The average Bonchev–Trinajstić information content (AvgIpc) is 3.56. The highest BCUT2D eigenvalue weighted by Crippen LogP contribution is 2.28. The van der Waals surface area contributed by atoms with Gasteiger partial charge in [0.2, 0.25) is 11.8 Å². The van der Waals surface area contributed by atoms with Crippen molar-refractivity contribution in [3.05, 3.63) is 130 Å². The van der Waals surface area contributed by atoms with E-state index in [1.165, 1.54) is 29.2 Å². The molecule has 0 unspecified atom stereocenters. The Kier molecular flexibility index (Phi) is 11.0. The molecular formula is C36H37Cl2N3O4S. The summed E-state index contributed by atoms with van der Waals surface area (Å²) < 4.78 is 29.4. The van der Waals surface area contributed by atoms with Gasteiger partial charge in [0.25, 0.3) is 10.0 Å². The quantitative estimate of drug-likeness (QED) is 0.172. The zero-order chi connectivity index (χ0) is 32.7. The number of carbonyl (C=O) groups excluding carboxylic acids is 2. The van der Waals surface area contributed by atoms with E-state index in [-0.39, 0.29) is 29.8 Å². The summed E-state index contributed by atoms with van der Waals surface area (Å²) in [5.41, 5.74) is 2.67. The molecule has 1 aliphatic rings. The van der Waals surface area contributed by atoms with Gasteiger partial charge in [0, 0.05) is 29.1 Å². The van der Waals surface area contributed by atoms with Crippen LogP contribution in [0.2, 0.25) is 10.0 Å². The molecule has 5 rings (SSSR count). The van der Waals surface area contributed by atoms with Crippen molar-refractivity contribution in [1.29, 1.82) is 0 Å². The average molecular weight is 679 g/mol. The lowest BCUT2D eigenvalue weighted by atomic mass is 10.0. The van der Waals surface area contributed by atoms with Crippen LogP contribution in [-0.4, -0.2) is 43.8 Å². The van der Waals surface area contributed by atoms with E-state index in [1.54, 1.807) is 36.4 Å². The Balaban J connectivity index is 1.57. The highest BCUT2D eigenvalue weighted by molar-refractivity contribution is 7.92. The Labute approximate surface area is 281 Å². The lowest BCUT2D eigenvalue weighted by Crippen LogP contribution is -2.54. The van der Waals surface area contributed by atoms with Crippen molar-refractivity contribution < 1.29 is 18.0 Å². The SMILES string of the molecule is Cc1cccc(N(CC(=O)N(Cc2ccccc2Cl)[C@H](Cc2ccccc2)C(=O)NC2CCCC2)S(=O)(=O)c2ccc(Cl)cc2)c1. The molecule has 0 bridgehead atoms. The summed E-state index contributed by atoms with van der Waals surface area (Å²) >= 11 is 12.7. The number of halogens is 2. The lowest BCUT2D eigenvalue weighted by Gasteiger charge is -2.34. The van der Waals surface area contributed by atoms with Gasteiger partial charge in [0.05, 0.1) is 10.6 Å². The second-order valence-corrected chi connectivity index (χ2v) is 14.3. The molecule has 1 saturated carbocycles. The fourth-order valence-electron chi connectivity index (χ4n) is 5.78. The number of sulfonamides is 1. The molecule has 4 aromatic carbocycles. The van der Waals surface area contributed by atoms with Crippen LogP contribution in [0.4, 0.5) is 5.69 Å². The maximum absolute atomic E-state index is 14.6. The van der Waals surface area contributed by atoms with E-state index < -0.39 is 28.5 Å². The van der Waals surface area contributed by atoms with Crippen LogP contribution in [0.15, 0.2) is 108 Å². The molecule has 4 aromatic rings. The van der Waals surface area contributed by atoms with Crippen LogP contribution < -0.4 is 9.62 Å². The highest BCUT2D eigenvalue weighted by Gasteiger charge is 2.35. The van der Waals surface area contributed by atoms with Gasteiger partial charge in [-0.1, -0.05) is 96.7 Å². The lowest BCUT2D eigenvalue weighted by molar-refractivity contribution is -0.140. The third-order valence-electron chi connectivity index (χ3n) is 8.24. The molecule has 10 heteroatoms. The van der Waals surface area contributed by atoms with Gasteiger partial charge < -0.3 is 10.2 Å². The maximum Gasteiger partial charge on any atom is 0.264 e. The minimum absolute atomic E-state index is 0.0105. The second-order valence-electron chi connectivity index (χ2n) is 11.6. The molecule has 7 nitrogen and oxygen atoms in total. The number of benzene rings is 4. The first-order valence-corrected chi connectivity index (χ1v) is 17.5. The molecule has 0 saturated heterocycles. The Morgan fingerprint density at radius 3 is 2.22 bits per heavy atom. The van der Waals surface area contributed by atoms with Crippen molar-refractivity contribution in [2.45, 2.75) is 62.6 Å². The fourth-order valence-corrected chi connectivity index (χ4v) is 7.50. The standard InChI is InChI=1S/C36H37Cl2N3O4S/c1-26-10-9-16-31(22-26)41(46(44,45)32-20-18-29(37)19-21-32)25-35(42)40(24-28-13-5-8-17-33(28)38)34(23-27-11-3-2-4-12-27)36(43)39-30-14-6-7-15-30/h2-5,8-13,16-22,30,34H,6-7,14-15,23-25H2,1H3,(H,39,43)/t34-/m1/s1. The number of hydrogen-bond donors (Lipinski definition) is 1. The summed E-state index contributed by atoms with van der Waals surface area (Å²) in [6, 6.07) is 28.5. The van der Waals surface area contributed by atoms with Crippen LogP contribution in [-0.2, 0) is 32.6 Å². The first kappa shape index (κ1) is 33.5. The predicted molar refractivity (Wildman–Crippen MR) is 183 cm³/mol. The van der Waals surface area contributed by atoms with Crippen molar-refractivity contribution >= 4 is 50.7 Å². The number of rotatable bonds is 12. The molecule has 0 radical (unpaired) electrons. The third-order valence-corrected chi connectivity index (χ3v) is 10.7. The zero-order valence-corrected chi connectivity index (χ0v) is 27.9. The second kappa shape index (κ2) is 15.2. The molecular weight excluding hydrogens is 641 g/mol. The van der Waals surface area contributed by atoms with E-state index in [2.05, 4.69) is 5.32 Å². The van der Waals surface area contributed by atoms with Gasteiger partial charge in [0.1, 0.15) is 12.6 Å². The zero-order valence-electron chi connectivity index (χ0n) is 25.6. The molecule has 46 heavy (non-hydrogen) atoms. The van der Waals surface area contributed by atoms with Crippen molar-refractivity contribution in [3.63, 3.8) is 0 Å². The molecule has 1 aliphatic carbocycles. The number of nitrogens with one attached hydrogen (secondary N) is 1. The van der Waals surface area contributed by atoms with Crippen LogP contribution in [0, 0.1) is 6.92 Å². The molecule has 0 aliphatic heterocycles. The number of aryl methyl sites for hydroxylation is 1. The monoisotopic (exact) mass is 677 g/mol. The summed E-state index contributed by atoms with van der Waals surface area (Å²) in [7, 11) is -4.22. The van der Waals surface area contributed by atoms with Crippen LogP contribution >= 0.6 is 23.2 Å². The van der Waals surface area contributed by atoms with Crippen molar-refractivity contribution in [1.82, 2.24) is 10.2 Å². The summed E-state index contributed by atoms with van der Waals surface area (Å²) in [4.78, 5) is 30.2. The van der Waals surface area contributed by atoms with Gasteiger partial charge in [-0.25, -0.2) is 8.42 Å². The minimum atomic E-state index is -4.22. The topological polar surface area (TPSA) is 86.8 Å². The number of nitrogens with zero attached hydrogens (tertiary/aromatic N) is 2. The van der Waals surface area contributed by atoms with Gasteiger partial charge >= 0.3 is 0 Å². The molecule has 1 N–H and O–H groups in total. The van der Waals surface area contributed by atoms with Gasteiger partial charge in [-0.05, 0) is 78.9 Å². The summed E-state index contributed by atoms with van der Waals surface area (Å²) in [6.07, 6.45) is 4.06. The van der Waals surface area contributed by atoms with E-state index in [9.17, 15) is 18.0 Å². The number of carbonyl (C=O) groups is 2. The third kappa shape index (κ3) is 8.29. The van der Waals surface area contributed by atoms with Crippen molar-refractivity contribution in [2.75, 3.05) is 10.8 Å². The molecule has 2 amide bonds. The molecule has 1 fully saturated rings. The van der Waals surface area contributed by atoms with Crippen LogP contribution in [0.25, 0.3) is 0 Å². The largest absolute Gasteiger partial charge is 0.352 e. The number of hydrogen-bond acceptors (Lipinski definition) is 4. The van der Waals surface area contributed by atoms with E-state index in [1.807, 2.05) is 49.4 Å². The van der Waals surface area contributed by atoms with Gasteiger partial charge in [-0.2, -0.15) is 0 Å². The Morgan fingerprint density at radius 1 is 0.870 bits per heavy atom. The van der Waals surface area contributed by atoms with E-state index in [4.69, 9.17) is 23.2 Å². The fraction of sp³-hybridized carbons (Fsp3) is 0.278. The van der Waals surface area contributed by atoms with Crippen molar-refractivity contribution in [3.8, 4) is 0 Å². The summed E-state index contributed by atoms with van der Waals surface area (Å²) in [6.45, 7) is 1.32. The molecule has 1 atom stereocenters. The molecule has 0 heterocycles. The van der Waals surface area contributed by atoms with Gasteiger partial charge in [-0.15, -0.1) is 0 Å². The first-order valence-electron chi connectivity index (χ1n) is 15.3. The van der Waals surface area contributed by atoms with Crippen LogP contribution in [0.5, 0.6) is 0 Å². The number of anilines is 1. The van der Waals surface area contributed by atoms with Crippen LogP contribution in [0.3, 0.4) is 0 Å². The van der Waals surface area contributed by atoms with E-state index in [0.717, 1.165) is 41.1 Å². The van der Waals surface area contributed by atoms with Gasteiger partial charge in [0.15, 0.2) is 0 Å². The summed E-state index contributed by atoms with van der Waals surface area (Å²) in [5, 5.41) is 4.01. The highest BCUT2D eigenvalue weighted by atomic mass is 35.5. The summed E-state index contributed by atoms with van der Waals surface area (Å²) in [5.74, 6) is -0.819. The first-order chi connectivity index (χ1) is 22.1. The minimum Gasteiger partial charge on any atom is -0.352 e. The number of amides is 2.